The highest BCUT2D eigenvalue weighted by Crippen LogP contribution is 2.36. The molecule has 1 aliphatic heterocycles. The summed E-state index contributed by atoms with van der Waals surface area (Å²) in [5, 5.41) is 8.49. The van der Waals surface area contributed by atoms with Gasteiger partial charge in [0, 0.05) is 24.1 Å². The highest BCUT2D eigenvalue weighted by Gasteiger charge is 2.30. The third kappa shape index (κ3) is 8.36. The summed E-state index contributed by atoms with van der Waals surface area (Å²) >= 11 is -1.51. The third-order valence-electron chi connectivity index (χ3n) is 8.56. The van der Waals surface area contributed by atoms with Gasteiger partial charge in [0.1, 0.15) is 23.5 Å². The molecule has 14 nitrogen and oxygen atoms in total. The van der Waals surface area contributed by atoms with E-state index in [0.717, 1.165) is 9.87 Å². The number of benzene rings is 4. The van der Waals surface area contributed by atoms with Crippen LogP contribution >= 0.6 is 15.9 Å². The van der Waals surface area contributed by atoms with Gasteiger partial charge in [-0.05, 0) is 100 Å². The summed E-state index contributed by atoms with van der Waals surface area (Å²) in [6, 6.07) is 21.2. The van der Waals surface area contributed by atoms with E-state index in [2.05, 4.69) is 31.0 Å². The summed E-state index contributed by atoms with van der Waals surface area (Å²) in [5.74, 6) is -1.21. The number of carbonyl (C=O) groups excluding carboxylic acids is 1. The molecule has 2 atom stereocenters. The molecule has 0 spiro atoms. The van der Waals surface area contributed by atoms with E-state index in [9.17, 15) is 31.1 Å². The van der Waals surface area contributed by atoms with Crippen molar-refractivity contribution in [1.82, 2.24) is 24.5 Å². The fourth-order valence-electron chi connectivity index (χ4n) is 5.96. The SMILES string of the molecule is COC(=O)c1cc(OC2CN(Cc3ccc(N(c4cnn(-c5ccc(F)cc5)c4)S(=O)O)c(Br)c3)C2)ccc1N(c1cnn(-c2ccc(F)cc2)c1)S(=O)O. The van der Waals surface area contributed by atoms with Gasteiger partial charge in [-0.2, -0.15) is 10.2 Å². The molecule has 19 heteroatoms. The molecule has 2 N–H and O–H groups in total. The molecule has 2 aromatic heterocycles. The highest BCUT2D eigenvalue weighted by molar-refractivity contribution is 9.10. The van der Waals surface area contributed by atoms with Crippen LogP contribution in [-0.4, -0.2) is 74.3 Å². The fraction of sp³-hybridized carbons (Fsp3) is 0.139. The zero-order valence-electron chi connectivity index (χ0n) is 28.6. The van der Waals surface area contributed by atoms with Crippen molar-refractivity contribution in [3.63, 3.8) is 0 Å². The molecule has 284 valence electrons. The van der Waals surface area contributed by atoms with Crippen LogP contribution in [0.1, 0.15) is 15.9 Å². The summed E-state index contributed by atoms with van der Waals surface area (Å²) in [4.78, 5) is 15.0. The molecule has 7 rings (SSSR count). The van der Waals surface area contributed by atoms with Crippen LogP contribution in [0.5, 0.6) is 5.75 Å². The quantitative estimate of drug-likeness (QED) is 0.0948. The maximum atomic E-state index is 13.4. The van der Waals surface area contributed by atoms with E-state index in [-0.39, 0.29) is 28.9 Å². The zero-order chi connectivity index (χ0) is 38.8. The van der Waals surface area contributed by atoms with Crippen LogP contribution in [-0.2, 0) is 33.8 Å². The molecule has 4 aromatic carbocycles. The minimum absolute atomic E-state index is 0.0151. The average Bonchev–Trinajstić information content (AvgIpc) is 3.83. The van der Waals surface area contributed by atoms with Crippen molar-refractivity contribution in [2.24, 2.45) is 0 Å². The number of nitrogens with zero attached hydrogens (tertiary/aromatic N) is 7. The van der Waals surface area contributed by atoms with Crippen LogP contribution < -0.4 is 13.3 Å². The molecule has 2 unspecified atom stereocenters. The van der Waals surface area contributed by atoms with Gasteiger partial charge in [0.2, 0.25) is 0 Å². The Balaban J connectivity index is 1.01. The molecule has 0 amide bonds. The van der Waals surface area contributed by atoms with E-state index >= 15 is 0 Å². The van der Waals surface area contributed by atoms with Gasteiger partial charge in [-0.1, -0.05) is 6.07 Å². The lowest BCUT2D eigenvalue weighted by molar-refractivity contribution is 0.0144. The molecule has 6 aromatic rings. The lowest BCUT2D eigenvalue weighted by atomic mass is 10.1. The number of anilines is 4. The Kier molecular flexibility index (Phi) is 11.2. The number of hydrogen-bond acceptors (Lipinski definition) is 8. The van der Waals surface area contributed by atoms with Crippen molar-refractivity contribution in [3.05, 3.63) is 137 Å². The first kappa shape index (κ1) is 38.0. The van der Waals surface area contributed by atoms with Gasteiger partial charge < -0.3 is 9.47 Å². The Hall–Kier alpha value is -5.31. The Bertz CT molecular complexity index is 2390. The van der Waals surface area contributed by atoms with Crippen molar-refractivity contribution in [2.45, 2.75) is 12.6 Å². The molecular weight excluding hydrogens is 824 g/mol. The molecule has 55 heavy (non-hydrogen) atoms. The minimum atomic E-state index is -2.62. The molecule has 0 aliphatic carbocycles. The molecule has 1 aliphatic rings. The van der Waals surface area contributed by atoms with Crippen LogP contribution in [0.3, 0.4) is 0 Å². The molecule has 0 bridgehead atoms. The Morgan fingerprint density at radius 2 is 1.35 bits per heavy atom. The highest BCUT2D eigenvalue weighted by atomic mass is 79.9. The Morgan fingerprint density at radius 1 is 0.818 bits per heavy atom. The van der Waals surface area contributed by atoms with Gasteiger partial charge in [0.15, 0.2) is 0 Å². The third-order valence-corrected chi connectivity index (χ3v) is 10.6. The molecule has 1 fully saturated rings. The maximum absolute atomic E-state index is 13.4. The first-order valence-electron chi connectivity index (χ1n) is 16.3. The second-order valence-corrected chi connectivity index (χ2v) is 14.7. The van der Waals surface area contributed by atoms with Gasteiger partial charge in [0.05, 0.1) is 71.6 Å². The zero-order valence-corrected chi connectivity index (χ0v) is 31.8. The molecular formula is C36H30BrF2N7O7S2. The molecule has 1 saturated heterocycles. The van der Waals surface area contributed by atoms with Gasteiger partial charge in [-0.25, -0.2) is 40.0 Å². The first-order valence-corrected chi connectivity index (χ1v) is 19.2. The number of carbonyl (C=O) groups is 1. The predicted octanol–water partition coefficient (Wildman–Crippen LogP) is 6.70. The average molecular weight is 855 g/mol. The van der Waals surface area contributed by atoms with Crippen molar-refractivity contribution < 1.29 is 40.6 Å². The van der Waals surface area contributed by atoms with E-state index in [1.165, 1.54) is 87.9 Å². The fourth-order valence-corrected chi connectivity index (χ4v) is 7.89. The van der Waals surface area contributed by atoms with Crippen LogP contribution in [0, 0.1) is 11.6 Å². The van der Waals surface area contributed by atoms with Crippen molar-refractivity contribution in [3.8, 4) is 17.1 Å². The summed E-state index contributed by atoms with van der Waals surface area (Å²) in [5.41, 5.74) is 3.06. The number of hydrogen-bond donors (Lipinski definition) is 2. The summed E-state index contributed by atoms with van der Waals surface area (Å²) < 4.78 is 89.2. The molecule has 0 saturated carbocycles. The smallest absolute Gasteiger partial charge is 0.340 e. The Labute approximate surface area is 326 Å². The second-order valence-electron chi connectivity index (χ2n) is 12.2. The van der Waals surface area contributed by atoms with Gasteiger partial charge >= 0.3 is 5.97 Å². The second kappa shape index (κ2) is 16.2. The van der Waals surface area contributed by atoms with Crippen molar-refractivity contribution in [2.75, 3.05) is 28.8 Å². The van der Waals surface area contributed by atoms with E-state index in [4.69, 9.17) is 9.47 Å². The monoisotopic (exact) mass is 853 g/mol. The van der Waals surface area contributed by atoms with Gasteiger partial charge in [-0.15, -0.1) is 0 Å². The predicted molar refractivity (Wildman–Crippen MR) is 204 cm³/mol. The topological polar surface area (TPSA) is 155 Å². The van der Waals surface area contributed by atoms with Crippen LogP contribution in [0.4, 0.5) is 31.5 Å². The Morgan fingerprint density at radius 3 is 1.85 bits per heavy atom. The summed E-state index contributed by atoms with van der Waals surface area (Å²) in [6.45, 7) is 1.66. The normalized spacial score (nSPS) is 14.2. The number of likely N-dealkylation sites (tertiary alicyclic amines) is 1. The number of esters is 1. The number of rotatable bonds is 13. The van der Waals surface area contributed by atoms with Crippen LogP contribution in [0.25, 0.3) is 11.4 Å². The summed E-state index contributed by atoms with van der Waals surface area (Å²) in [7, 11) is 1.20. The number of ether oxygens (including phenoxy) is 2. The minimum Gasteiger partial charge on any atom is -0.488 e. The van der Waals surface area contributed by atoms with Crippen LogP contribution in [0.15, 0.2) is 114 Å². The van der Waals surface area contributed by atoms with Gasteiger partial charge in [-0.3, -0.25) is 14.0 Å². The largest absolute Gasteiger partial charge is 0.488 e. The number of halogens is 3. The van der Waals surface area contributed by atoms with E-state index in [1.807, 2.05) is 12.1 Å². The van der Waals surface area contributed by atoms with Crippen molar-refractivity contribution >= 4 is 67.2 Å². The van der Waals surface area contributed by atoms with Gasteiger partial charge in [0.25, 0.3) is 22.5 Å². The van der Waals surface area contributed by atoms with E-state index < -0.39 is 34.3 Å². The summed E-state index contributed by atoms with van der Waals surface area (Å²) in [6.07, 6.45) is 5.60. The number of aromatic nitrogens is 4. The number of methoxy groups -OCH3 is 1. The lowest BCUT2D eigenvalue weighted by Gasteiger charge is -2.39. The first-order chi connectivity index (χ1) is 26.5. The lowest BCUT2D eigenvalue weighted by Crippen LogP contribution is -2.53. The molecule has 0 radical (unpaired) electrons. The van der Waals surface area contributed by atoms with E-state index in [1.54, 1.807) is 30.5 Å². The van der Waals surface area contributed by atoms with E-state index in [0.29, 0.717) is 52.6 Å². The standard InChI is InChI=1S/C36H30BrF2N7O7S2/c1-52-36(47)32-15-30(11-13-34(32)45(54(48)49)28-16-40-43(19-28)26-7-3-24(38)4-8-26)53-31-21-42(22-31)18-23-2-12-35(33(37)14-23)46(55(50)51)29-17-41-44(20-29)27-9-5-25(39)6-10-27/h2-17,19-20,31H,18,21-22H2,1H3,(H,48,49)(H,50,51). The maximum Gasteiger partial charge on any atom is 0.340 e. The van der Waals surface area contributed by atoms with Crippen LogP contribution in [0.2, 0.25) is 0 Å². The van der Waals surface area contributed by atoms with Crippen molar-refractivity contribution in [1.29, 1.82) is 0 Å². The molecule has 3 heterocycles.